The monoisotopic (exact) mass is 384 g/mol. The van der Waals surface area contributed by atoms with Crippen LogP contribution in [0.3, 0.4) is 0 Å². The summed E-state index contributed by atoms with van der Waals surface area (Å²) < 4.78 is 9.25. The summed E-state index contributed by atoms with van der Waals surface area (Å²) in [4.78, 5) is 11.3. The minimum absolute atomic E-state index is 0.125. The molecule has 2 fully saturated rings. The number of halogens is 1. The Bertz CT molecular complexity index is 555. The van der Waals surface area contributed by atoms with Gasteiger partial charge in [-0.25, -0.2) is 8.00 Å². The molecule has 1 amide bonds. The third kappa shape index (κ3) is 2.55. The predicted octanol–water partition coefficient (Wildman–Crippen LogP) is 3.59. The zero-order valence-corrected chi connectivity index (χ0v) is 13.5. The Morgan fingerprint density at radius 2 is 2.20 bits per heavy atom. The van der Waals surface area contributed by atoms with E-state index in [1.807, 2.05) is 29.8 Å². The Morgan fingerprint density at radius 3 is 2.80 bits per heavy atom. The standard InChI is InChI=1S/C15H17IN2O2/c1-10(18-16)11-2-4-12(5-3-11)13-6-7-15(8-13)9-20-14(19)17-15/h2-5,13H,6-9H2,1H3,(H,17,19). The van der Waals surface area contributed by atoms with Gasteiger partial charge in [0.15, 0.2) is 0 Å². The first-order valence-corrected chi connectivity index (χ1v) is 7.79. The number of cyclic esters (lactones) is 1. The first-order chi connectivity index (χ1) is 9.62. The molecule has 2 atom stereocenters. The Kier molecular flexibility index (Phi) is 3.70. The highest BCUT2D eigenvalue weighted by atomic mass is 127. The normalized spacial score (nSPS) is 29.6. The SMILES string of the molecule is CC(=NI)c1ccc(C2CCC3(COC(=O)N3)C2)cc1. The predicted molar refractivity (Wildman–Crippen MR) is 86.5 cm³/mol. The molecular formula is C15H17IN2O2. The molecule has 1 saturated carbocycles. The van der Waals surface area contributed by atoms with Gasteiger partial charge < -0.3 is 10.1 Å². The van der Waals surface area contributed by atoms with E-state index in [1.165, 1.54) is 5.56 Å². The fraction of sp³-hybridized carbons (Fsp3) is 0.467. The van der Waals surface area contributed by atoms with E-state index in [0.29, 0.717) is 12.5 Å². The van der Waals surface area contributed by atoms with Crippen LogP contribution in [0.1, 0.15) is 43.2 Å². The van der Waals surface area contributed by atoms with Crippen molar-refractivity contribution in [3.8, 4) is 0 Å². The van der Waals surface area contributed by atoms with Crippen LogP contribution in [-0.2, 0) is 4.74 Å². The van der Waals surface area contributed by atoms with Gasteiger partial charge in [-0.1, -0.05) is 24.3 Å². The number of nitrogens with zero attached hydrogens (tertiary/aromatic N) is 1. The largest absolute Gasteiger partial charge is 0.447 e. The van der Waals surface area contributed by atoms with E-state index in [0.717, 1.165) is 30.5 Å². The molecule has 1 N–H and O–H groups in total. The van der Waals surface area contributed by atoms with Crippen LogP contribution in [0, 0.1) is 0 Å². The van der Waals surface area contributed by atoms with Gasteiger partial charge in [0, 0.05) is 0 Å². The van der Waals surface area contributed by atoms with E-state index in [9.17, 15) is 4.79 Å². The lowest BCUT2D eigenvalue weighted by molar-refractivity contribution is 0.172. The Hall–Kier alpha value is -1.11. The van der Waals surface area contributed by atoms with E-state index in [-0.39, 0.29) is 11.6 Å². The van der Waals surface area contributed by atoms with Gasteiger partial charge >= 0.3 is 6.09 Å². The number of nitrogens with one attached hydrogen (secondary N) is 1. The highest BCUT2D eigenvalue weighted by Gasteiger charge is 2.45. The lowest BCUT2D eigenvalue weighted by atomic mass is 9.92. The number of carbonyl (C=O) groups excluding carboxylic acids is 1. The van der Waals surface area contributed by atoms with Crippen LogP contribution in [0.15, 0.2) is 27.5 Å². The first kappa shape index (κ1) is 13.9. The highest BCUT2D eigenvalue weighted by Crippen LogP contribution is 2.42. The Morgan fingerprint density at radius 1 is 1.45 bits per heavy atom. The third-order valence-electron chi connectivity index (χ3n) is 4.38. The Balaban J connectivity index is 1.73. The average Bonchev–Trinajstić information content (AvgIpc) is 3.05. The molecule has 2 aliphatic rings. The fourth-order valence-corrected chi connectivity index (χ4v) is 3.47. The highest BCUT2D eigenvalue weighted by molar-refractivity contribution is 14.1. The van der Waals surface area contributed by atoms with Crippen molar-refractivity contribution in [2.24, 2.45) is 3.21 Å². The second kappa shape index (κ2) is 5.35. The number of hydrogen-bond donors (Lipinski definition) is 1. The van der Waals surface area contributed by atoms with Gasteiger partial charge in [0.2, 0.25) is 0 Å². The molecule has 0 aromatic heterocycles. The molecule has 2 unspecified atom stereocenters. The molecule has 106 valence electrons. The fourth-order valence-electron chi connectivity index (χ4n) is 3.19. The minimum atomic E-state index is -0.269. The van der Waals surface area contributed by atoms with Crippen molar-refractivity contribution < 1.29 is 9.53 Å². The zero-order valence-electron chi connectivity index (χ0n) is 11.4. The van der Waals surface area contributed by atoms with Gasteiger partial charge in [-0.05, 0) is 43.2 Å². The Labute approximate surface area is 132 Å². The van der Waals surface area contributed by atoms with Gasteiger partial charge in [0.1, 0.15) is 6.61 Å². The quantitative estimate of drug-likeness (QED) is 0.626. The summed E-state index contributed by atoms with van der Waals surface area (Å²) >= 11 is 2.02. The third-order valence-corrected chi connectivity index (χ3v) is 5.11. The summed E-state index contributed by atoms with van der Waals surface area (Å²) in [6.45, 7) is 2.53. The molecule has 5 heteroatoms. The van der Waals surface area contributed by atoms with E-state index in [4.69, 9.17) is 4.74 Å². The molecule has 20 heavy (non-hydrogen) atoms. The van der Waals surface area contributed by atoms with E-state index in [1.54, 1.807) is 0 Å². The summed E-state index contributed by atoms with van der Waals surface area (Å²) in [5.41, 5.74) is 3.41. The van der Waals surface area contributed by atoms with E-state index < -0.39 is 0 Å². The molecule has 1 heterocycles. The van der Waals surface area contributed by atoms with Crippen molar-refractivity contribution in [2.45, 2.75) is 37.6 Å². The summed E-state index contributed by atoms with van der Waals surface area (Å²) in [5, 5.41) is 2.99. The number of carbonyl (C=O) groups is 1. The lowest BCUT2D eigenvalue weighted by Crippen LogP contribution is -2.40. The number of alkyl carbamates (subject to hydrolysis) is 1. The van der Waals surface area contributed by atoms with Crippen LogP contribution in [0.4, 0.5) is 4.79 Å². The molecule has 1 spiro atoms. The van der Waals surface area contributed by atoms with E-state index >= 15 is 0 Å². The van der Waals surface area contributed by atoms with Crippen molar-refractivity contribution >= 4 is 34.7 Å². The van der Waals surface area contributed by atoms with Crippen molar-refractivity contribution in [1.29, 1.82) is 0 Å². The number of ether oxygens (including phenoxy) is 1. The summed E-state index contributed by atoms with van der Waals surface area (Å²) in [7, 11) is 0. The van der Waals surface area contributed by atoms with Gasteiger partial charge in [0.25, 0.3) is 0 Å². The van der Waals surface area contributed by atoms with Crippen LogP contribution in [0.5, 0.6) is 0 Å². The van der Waals surface area contributed by atoms with E-state index in [2.05, 4.69) is 32.8 Å². The lowest BCUT2D eigenvalue weighted by Gasteiger charge is -2.20. The van der Waals surface area contributed by atoms with Crippen molar-refractivity contribution in [2.75, 3.05) is 6.61 Å². The van der Waals surface area contributed by atoms with Crippen LogP contribution < -0.4 is 5.32 Å². The second-order valence-corrected chi connectivity index (χ2v) is 6.20. The van der Waals surface area contributed by atoms with Crippen LogP contribution in [-0.4, -0.2) is 24.0 Å². The number of hydrogen-bond acceptors (Lipinski definition) is 3. The van der Waals surface area contributed by atoms with Crippen molar-refractivity contribution in [1.82, 2.24) is 5.32 Å². The molecular weight excluding hydrogens is 367 g/mol. The molecule has 4 nitrogen and oxygen atoms in total. The molecule has 1 aliphatic carbocycles. The second-order valence-electron chi connectivity index (χ2n) is 5.71. The smallest absolute Gasteiger partial charge is 0.407 e. The van der Waals surface area contributed by atoms with Gasteiger partial charge in [0.05, 0.1) is 34.1 Å². The molecule has 1 aromatic rings. The van der Waals surface area contributed by atoms with Gasteiger partial charge in [-0.15, -0.1) is 0 Å². The maximum absolute atomic E-state index is 11.3. The summed E-state index contributed by atoms with van der Waals surface area (Å²) in [5.74, 6) is 0.503. The van der Waals surface area contributed by atoms with Crippen LogP contribution in [0.2, 0.25) is 0 Å². The van der Waals surface area contributed by atoms with Gasteiger partial charge in [-0.2, -0.15) is 0 Å². The number of amides is 1. The summed E-state index contributed by atoms with van der Waals surface area (Å²) in [6, 6.07) is 8.62. The molecule has 0 radical (unpaired) electrons. The molecule has 1 aromatic carbocycles. The number of benzene rings is 1. The van der Waals surface area contributed by atoms with Crippen molar-refractivity contribution in [3.63, 3.8) is 0 Å². The molecule has 1 saturated heterocycles. The number of rotatable bonds is 2. The zero-order chi connectivity index (χ0) is 14.2. The first-order valence-electron chi connectivity index (χ1n) is 6.83. The molecule has 1 aliphatic heterocycles. The maximum atomic E-state index is 11.3. The maximum Gasteiger partial charge on any atom is 0.407 e. The van der Waals surface area contributed by atoms with Crippen LogP contribution >= 0.6 is 22.9 Å². The molecule has 0 bridgehead atoms. The van der Waals surface area contributed by atoms with Gasteiger partial charge in [-0.3, -0.25) is 0 Å². The summed E-state index contributed by atoms with van der Waals surface area (Å²) in [6.07, 6.45) is 2.80. The average molecular weight is 384 g/mol. The van der Waals surface area contributed by atoms with Crippen molar-refractivity contribution in [3.05, 3.63) is 35.4 Å². The minimum Gasteiger partial charge on any atom is -0.447 e. The van der Waals surface area contributed by atoms with Crippen LogP contribution in [0.25, 0.3) is 0 Å². The molecule has 3 rings (SSSR count). The topological polar surface area (TPSA) is 50.7 Å².